The van der Waals surface area contributed by atoms with Crippen LogP contribution in [0.25, 0.3) is 0 Å². The number of esters is 1. The zero-order valence-corrected chi connectivity index (χ0v) is 28.3. The Hall–Kier alpha value is -3.14. The van der Waals surface area contributed by atoms with E-state index in [9.17, 15) is 43.1 Å². The third-order valence-corrected chi connectivity index (χ3v) is 7.85. The second-order valence-electron chi connectivity index (χ2n) is 10.3. The first kappa shape index (κ1) is 42.9. The number of aliphatic hydroxyl groups excluding tert-OH is 1. The van der Waals surface area contributed by atoms with E-state index in [4.69, 9.17) is 28.8 Å². The van der Waals surface area contributed by atoms with Crippen LogP contribution in [0.4, 0.5) is 14.0 Å². The SMILES string of the molecule is CCOC(=O)OCOP(=O)(OCOC(=O)OCC)OC[C@@]1(CF)O[C@@H](n2ccc(=O)n(COC(=O)C(N)C(C)C)c2=O)[C@](C)(O)[C@@H]1O.Cl. The molecule has 1 aromatic heterocycles. The van der Waals surface area contributed by atoms with Gasteiger partial charge in [0.05, 0.1) is 19.8 Å². The summed E-state index contributed by atoms with van der Waals surface area (Å²) < 4.78 is 72.6. The molecule has 0 saturated carbocycles. The Labute approximate surface area is 279 Å². The maximum atomic E-state index is 14.7. The van der Waals surface area contributed by atoms with E-state index < -0.39 is 101 Å². The van der Waals surface area contributed by atoms with Crippen molar-refractivity contribution in [1.29, 1.82) is 0 Å². The summed E-state index contributed by atoms with van der Waals surface area (Å²) in [4.78, 5) is 60.8. The van der Waals surface area contributed by atoms with E-state index in [1.807, 2.05) is 0 Å². The number of hydrogen-bond donors (Lipinski definition) is 3. The van der Waals surface area contributed by atoms with Crippen molar-refractivity contribution < 1.29 is 75.5 Å². The van der Waals surface area contributed by atoms with Crippen molar-refractivity contribution in [1.82, 2.24) is 9.13 Å². The van der Waals surface area contributed by atoms with E-state index in [1.165, 1.54) is 13.8 Å². The highest BCUT2D eigenvalue weighted by Gasteiger charge is 2.63. The lowest BCUT2D eigenvalue weighted by atomic mass is 9.88. The van der Waals surface area contributed by atoms with Gasteiger partial charge in [0, 0.05) is 12.3 Å². The van der Waals surface area contributed by atoms with Gasteiger partial charge in [0.15, 0.2) is 18.6 Å². The van der Waals surface area contributed by atoms with E-state index >= 15 is 0 Å². The molecular weight excluding hydrogens is 700 g/mol. The molecule has 0 aromatic carbocycles. The van der Waals surface area contributed by atoms with Crippen LogP contribution < -0.4 is 17.0 Å². The van der Waals surface area contributed by atoms with E-state index in [2.05, 4.69) is 18.9 Å². The van der Waals surface area contributed by atoms with Crippen LogP contribution in [0.2, 0.25) is 0 Å². The van der Waals surface area contributed by atoms with E-state index in [0.29, 0.717) is 9.13 Å². The number of nitrogens with two attached hydrogens (primary N) is 1. The van der Waals surface area contributed by atoms with Crippen molar-refractivity contribution in [3.8, 4) is 0 Å². The molecule has 1 unspecified atom stereocenters. The van der Waals surface area contributed by atoms with Crippen LogP contribution in [0.3, 0.4) is 0 Å². The van der Waals surface area contributed by atoms with Crippen LogP contribution in [0.15, 0.2) is 21.9 Å². The van der Waals surface area contributed by atoms with Crippen LogP contribution in [0.1, 0.15) is 40.8 Å². The van der Waals surface area contributed by atoms with Gasteiger partial charge in [-0.25, -0.2) is 37.0 Å². The molecule has 276 valence electrons. The lowest BCUT2D eigenvalue weighted by Crippen LogP contribution is -2.53. The fourth-order valence-electron chi connectivity index (χ4n) is 3.89. The number of halogens is 2. The first-order valence-corrected chi connectivity index (χ1v) is 15.5. The molecule has 1 aliphatic rings. The van der Waals surface area contributed by atoms with Gasteiger partial charge < -0.3 is 44.4 Å². The summed E-state index contributed by atoms with van der Waals surface area (Å²) in [7, 11) is -4.97. The molecule has 1 fully saturated rings. The fourth-order valence-corrected chi connectivity index (χ4v) is 4.85. The number of rotatable bonds is 17. The van der Waals surface area contributed by atoms with Crippen molar-refractivity contribution in [3.05, 3.63) is 33.1 Å². The summed E-state index contributed by atoms with van der Waals surface area (Å²) in [5.74, 6) is -1.24. The lowest BCUT2D eigenvalue weighted by Gasteiger charge is -2.31. The summed E-state index contributed by atoms with van der Waals surface area (Å²) in [6, 6.07) is -0.216. The quantitative estimate of drug-likeness (QED) is 0.0858. The minimum Gasteiger partial charge on any atom is -0.442 e. The standard InChI is InChI=1S/C25H39FN3O17P.ClH/c1-6-38-22(34)41-13-44-47(37,45-14-42-23(35)39-7-2)43-11-25(10-26)19(32)24(5,36)20(46-25)28-9-8-16(30)29(21(28)33)12-40-18(31)17(27)15(3)4;/h8-9,15,17,19-20,32,36H,6-7,10-14,27H2,1-5H3;1H/t17?,19-,20+,24+,25+;/m0./s1. The average Bonchev–Trinajstić information content (AvgIpc) is 3.20. The monoisotopic (exact) mass is 739 g/mol. The highest BCUT2D eigenvalue weighted by atomic mass is 35.5. The lowest BCUT2D eigenvalue weighted by molar-refractivity contribution is -0.151. The van der Waals surface area contributed by atoms with Crippen LogP contribution >= 0.6 is 20.2 Å². The maximum Gasteiger partial charge on any atom is 0.510 e. The molecular formula is C25H40ClFN3O17P. The average molecular weight is 740 g/mol. The number of ether oxygens (including phenoxy) is 6. The number of phosphoric ester groups is 1. The molecule has 0 amide bonds. The molecule has 0 spiro atoms. The highest BCUT2D eigenvalue weighted by Crippen LogP contribution is 2.52. The molecule has 0 radical (unpaired) electrons. The normalized spacial score (nSPS) is 22.8. The zero-order valence-electron chi connectivity index (χ0n) is 26.6. The summed E-state index contributed by atoms with van der Waals surface area (Å²) in [6.45, 7) is 1.09. The molecule has 1 aromatic rings. The van der Waals surface area contributed by atoms with Gasteiger partial charge in [0.25, 0.3) is 5.56 Å². The molecule has 4 N–H and O–H groups in total. The fraction of sp³-hybridized carbons (Fsp3) is 0.720. The molecule has 48 heavy (non-hydrogen) atoms. The summed E-state index contributed by atoms with van der Waals surface area (Å²) >= 11 is 0. The summed E-state index contributed by atoms with van der Waals surface area (Å²) in [6.07, 6.45) is -5.75. The number of alkyl halides is 1. The Kier molecular flexibility index (Phi) is 16.6. The van der Waals surface area contributed by atoms with Gasteiger partial charge in [0.2, 0.25) is 13.6 Å². The van der Waals surface area contributed by atoms with Gasteiger partial charge >= 0.3 is 31.8 Å². The van der Waals surface area contributed by atoms with Gasteiger partial charge in [0.1, 0.15) is 24.4 Å². The largest absolute Gasteiger partial charge is 0.510 e. The van der Waals surface area contributed by atoms with Crippen molar-refractivity contribution >= 4 is 38.5 Å². The zero-order chi connectivity index (χ0) is 35.6. The molecule has 20 nitrogen and oxygen atoms in total. The number of carbonyl (C=O) groups excluding carboxylic acids is 3. The van der Waals surface area contributed by atoms with Gasteiger partial charge in [-0.3, -0.25) is 18.7 Å². The number of aromatic nitrogens is 2. The van der Waals surface area contributed by atoms with Crippen molar-refractivity contribution in [2.45, 2.75) is 70.9 Å². The Morgan fingerprint density at radius 1 is 1.04 bits per heavy atom. The molecule has 2 rings (SSSR count). The first-order valence-electron chi connectivity index (χ1n) is 14.0. The van der Waals surface area contributed by atoms with E-state index in [-0.39, 0.29) is 31.5 Å². The molecule has 1 saturated heterocycles. The predicted octanol–water partition coefficient (Wildman–Crippen LogP) is 0.684. The third kappa shape index (κ3) is 10.7. The van der Waals surface area contributed by atoms with Gasteiger partial charge in [-0.15, -0.1) is 12.4 Å². The van der Waals surface area contributed by atoms with Gasteiger partial charge in [-0.2, -0.15) is 0 Å². The molecule has 23 heteroatoms. The Bertz CT molecular complexity index is 1380. The Balaban J connectivity index is 0.0000115. The van der Waals surface area contributed by atoms with Crippen LogP contribution in [-0.4, -0.2) is 101 Å². The number of aliphatic hydroxyl groups is 2. The van der Waals surface area contributed by atoms with E-state index in [1.54, 1.807) is 13.8 Å². The Morgan fingerprint density at radius 2 is 1.58 bits per heavy atom. The summed E-state index contributed by atoms with van der Waals surface area (Å²) in [5, 5.41) is 22.2. The minimum absolute atomic E-state index is 0. The molecule has 5 atom stereocenters. The molecule has 1 aliphatic heterocycles. The molecule has 0 aliphatic carbocycles. The number of nitrogens with zero attached hydrogens (tertiary/aromatic N) is 2. The Morgan fingerprint density at radius 3 is 2.06 bits per heavy atom. The maximum absolute atomic E-state index is 14.7. The molecule has 0 bridgehead atoms. The van der Waals surface area contributed by atoms with Crippen LogP contribution in [0.5, 0.6) is 0 Å². The van der Waals surface area contributed by atoms with Crippen molar-refractivity contribution in [2.24, 2.45) is 11.7 Å². The summed E-state index contributed by atoms with van der Waals surface area (Å²) in [5.41, 5.74) is -1.50. The first-order chi connectivity index (χ1) is 22.0. The number of hydrogen-bond acceptors (Lipinski definition) is 18. The predicted molar refractivity (Wildman–Crippen MR) is 158 cm³/mol. The highest BCUT2D eigenvalue weighted by molar-refractivity contribution is 7.48. The second kappa shape index (κ2) is 18.6. The van der Waals surface area contributed by atoms with Crippen LogP contribution in [0, 0.1) is 5.92 Å². The second-order valence-corrected chi connectivity index (χ2v) is 12.0. The van der Waals surface area contributed by atoms with Crippen molar-refractivity contribution in [2.75, 3.05) is 40.1 Å². The third-order valence-electron chi connectivity index (χ3n) is 6.57. The smallest absolute Gasteiger partial charge is 0.442 e. The van der Waals surface area contributed by atoms with Crippen LogP contribution in [-0.2, 0) is 58.1 Å². The van der Waals surface area contributed by atoms with E-state index in [0.717, 1.165) is 19.2 Å². The van der Waals surface area contributed by atoms with Crippen molar-refractivity contribution in [3.63, 3.8) is 0 Å². The van der Waals surface area contributed by atoms with Gasteiger partial charge in [-0.1, -0.05) is 13.8 Å². The number of carbonyl (C=O) groups is 3. The topological polar surface area (TPSA) is 262 Å². The minimum atomic E-state index is -4.97. The molecule has 2 heterocycles. The van der Waals surface area contributed by atoms with Gasteiger partial charge in [-0.05, 0) is 26.7 Å². The number of phosphoric acid groups is 1.